The molecule has 0 aromatic rings. The first-order valence-corrected chi connectivity index (χ1v) is 7.12. The van der Waals surface area contributed by atoms with E-state index in [-0.39, 0.29) is 0 Å². The summed E-state index contributed by atoms with van der Waals surface area (Å²) in [6.45, 7) is 7.88. The zero-order chi connectivity index (χ0) is 9.45. The zero-order valence-electron chi connectivity index (χ0n) is 8.38. The summed E-state index contributed by atoms with van der Waals surface area (Å²) in [5, 5.41) is 0. The van der Waals surface area contributed by atoms with Crippen LogP contribution in [0.15, 0.2) is 12.7 Å². The van der Waals surface area contributed by atoms with Gasteiger partial charge in [-0.25, -0.2) is 0 Å². The van der Waals surface area contributed by atoms with Crippen molar-refractivity contribution >= 4 is 7.14 Å². The molecule has 12 heavy (non-hydrogen) atoms. The van der Waals surface area contributed by atoms with E-state index in [1.54, 1.807) is 0 Å². The topological polar surface area (TPSA) is 17.1 Å². The van der Waals surface area contributed by atoms with Gasteiger partial charge in [-0.15, -0.1) is 6.58 Å². The molecule has 0 heterocycles. The van der Waals surface area contributed by atoms with Gasteiger partial charge in [-0.05, 0) is 19.3 Å². The fraction of sp³-hybridized carbons (Fsp3) is 0.800. The maximum absolute atomic E-state index is 12.1. The van der Waals surface area contributed by atoms with Crippen LogP contribution in [0.4, 0.5) is 0 Å². The standard InChI is InChI=1S/C10H21OP/c1-4-7-10-12(11,8-5-2)9-6-3/h4H,1,5-10H2,2-3H3. The average Bonchev–Trinajstić information content (AvgIpc) is 2.02. The van der Waals surface area contributed by atoms with Gasteiger partial charge in [0.1, 0.15) is 0 Å². The highest BCUT2D eigenvalue weighted by Crippen LogP contribution is 2.47. The van der Waals surface area contributed by atoms with Crippen LogP contribution >= 0.6 is 7.14 Å². The maximum Gasteiger partial charge on any atom is 0.0880 e. The first kappa shape index (κ1) is 12.0. The van der Waals surface area contributed by atoms with Crippen molar-refractivity contribution in [2.24, 2.45) is 0 Å². The third kappa shape index (κ3) is 4.77. The van der Waals surface area contributed by atoms with Gasteiger partial charge in [-0.2, -0.15) is 0 Å². The minimum atomic E-state index is -1.81. The number of hydrogen-bond donors (Lipinski definition) is 0. The first-order chi connectivity index (χ1) is 5.68. The second kappa shape index (κ2) is 6.48. The summed E-state index contributed by atoms with van der Waals surface area (Å²) >= 11 is 0. The highest BCUT2D eigenvalue weighted by molar-refractivity contribution is 7.63. The van der Waals surface area contributed by atoms with Crippen LogP contribution in [-0.2, 0) is 4.57 Å². The molecule has 0 N–H and O–H groups in total. The van der Waals surface area contributed by atoms with Gasteiger partial charge in [0.2, 0.25) is 0 Å². The number of hydrogen-bond acceptors (Lipinski definition) is 1. The van der Waals surface area contributed by atoms with Gasteiger partial charge in [0, 0.05) is 18.5 Å². The summed E-state index contributed by atoms with van der Waals surface area (Å²) < 4.78 is 12.1. The second-order valence-corrected chi connectivity index (χ2v) is 6.76. The Bertz CT molecular complexity index is 153. The van der Waals surface area contributed by atoms with Gasteiger partial charge in [0.25, 0.3) is 0 Å². The van der Waals surface area contributed by atoms with Crippen LogP contribution in [0, 0.1) is 0 Å². The van der Waals surface area contributed by atoms with Crippen molar-refractivity contribution in [3.63, 3.8) is 0 Å². The Kier molecular flexibility index (Phi) is 6.47. The molecule has 2 heteroatoms. The third-order valence-corrected chi connectivity index (χ3v) is 5.60. The summed E-state index contributed by atoms with van der Waals surface area (Å²) in [7, 11) is -1.81. The van der Waals surface area contributed by atoms with E-state index in [4.69, 9.17) is 0 Å². The molecule has 72 valence electrons. The molecule has 0 unspecified atom stereocenters. The van der Waals surface area contributed by atoms with E-state index in [1.807, 2.05) is 6.08 Å². The molecule has 0 aliphatic carbocycles. The van der Waals surface area contributed by atoms with Crippen molar-refractivity contribution in [2.45, 2.75) is 33.1 Å². The molecular formula is C10H21OP. The van der Waals surface area contributed by atoms with Crippen LogP contribution in [0.25, 0.3) is 0 Å². The van der Waals surface area contributed by atoms with E-state index in [9.17, 15) is 4.57 Å². The minimum Gasteiger partial charge on any atom is -0.324 e. The van der Waals surface area contributed by atoms with Crippen molar-refractivity contribution in [3.05, 3.63) is 12.7 Å². The van der Waals surface area contributed by atoms with E-state index in [1.165, 1.54) is 0 Å². The normalized spacial score (nSPS) is 11.5. The molecule has 0 aromatic heterocycles. The van der Waals surface area contributed by atoms with Crippen molar-refractivity contribution < 1.29 is 4.57 Å². The fourth-order valence-corrected chi connectivity index (χ4v) is 4.43. The van der Waals surface area contributed by atoms with Gasteiger partial charge < -0.3 is 4.57 Å². The van der Waals surface area contributed by atoms with Crippen molar-refractivity contribution in [3.8, 4) is 0 Å². The average molecular weight is 188 g/mol. The Balaban J connectivity index is 3.98. The smallest absolute Gasteiger partial charge is 0.0880 e. The molecule has 0 amide bonds. The Morgan fingerprint density at radius 3 is 2.00 bits per heavy atom. The Labute approximate surface area is 76.6 Å². The van der Waals surface area contributed by atoms with E-state index in [0.29, 0.717) is 0 Å². The van der Waals surface area contributed by atoms with Gasteiger partial charge >= 0.3 is 0 Å². The van der Waals surface area contributed by atoms with E-state index < -0.39 is 7.14 Å². The summed E-state index contributed by atoms with van der Waals surface area (Å²) in [4.78, 5) is 0. The quantitative estimate of drug-likeness (QED) is 0.439. The Morgan fingerprint density at radius 1 is 1.17 bits per heavy atom. The molecule has 0 spiro atoms. The van der Waals surface area contributed by atoms with E-state index in [2.05, 4.69) is 20.4 Å². The van der Waals surface area contributed by atoms with Crippen molar-refractivity contribution in [1.29, 1.82) is 0 Å². The van der Waals surface area contributed by atoms with Crippen LogP contribution in [0.3, 0.4) is 0 Å². The maximum atomic E-state index is 12.1. The zero-order valence-corrected chi connectivity index (χ0v) is 9.28. The predicted molar refractivity (Wildman–Crippen MR) is 57.6 cm³/mol. The summed E-state index contributed by atoms with van der Waals surface area (Å²) in [6, 6.07) is 0. The molecule has 0 bridgehead atoms. The van der Waals surface area contributed by atoms with Gasteiger partial charge in [0.05, 0.1) is 7.14 Å². The molecule has 0 fully saturated rings. The molecule has 0 atom stereocenters. The number of allylic oxidation sites excluding steroid dienone is 1. The lowest BCUT2D eigenvalue weighted by Gasteiger charge is -2.15. The van der Waals surface area contributed by atoms with Crippen LogP contribution < -0.4 is 0 Å². The lowest BCUT2D eigenvalue weighted by molar-refractivity contribution is 0.572. The van der Waals surface area contributed by atoms with Gasteiger partial charge in [-0.1, -0.05) is 19.9 Å². The van der Waals surface area contributed by atoms with E-state index in [0.717, 1.165) is 37.7 Å². The van der Waals surface area contributed by atoms with Crippen LogP contribution in [-0.4, -0.2) is 18.5 Å². The van der Waals surface area contributed by atoms with Gasteiger partial charge in [-0.3, -0.25) is 0 Å². The highest BCUT2D eigenvalue weighted by atomic mass is 31.2. The Hall–Kier alpha value is -0.0300. The monoisotopic (exact) mass is 188 g/mol. The number of rotatable bonds is 7. The summed E-state index contributed by atoms with van der Waals surface area (Å²) in [5.74, 6) is 0. The molecule has 0 rings (SSSR count). The fourth-order valence-electron chi connectivity index (χ4n) is 1.48. The highest BCUT2D eigenvalue weighted by Gasteiger charge is 2.17. The molecule has 0 aliphatic rings. The lowest BCUT2D eigenvalue weighted by atomic mass is 10.5. The molecule has 0 saturated heterocycles. The van der Waals surface area contributed by atoms with Crippen LogP contribution in [0.2, 0.25) is 0 Å². The molecule has 0 aromatic carbocycles. The third-order valence-electron chi connectivity index (χ3n) is 2.00. The van der Waals surface area contributed by atoms with Crippen molar-refractivity contribution in [2.75, 3.05) is 18.5 Å². The lowest BCUT2D eigenvalue weighted by Crippen LogP contribution is -1.98. The predicted octanol–water partition coefficient (Wildman–Crippen LogP) is 3.75. The molecular weight excluding hydrogens is 167 g/mol. The molecule has 0 radical (unpaired) electrons. The first-order valence-electron chi connectivity index (χ1n) is 4.86. The SMILES string of the molecule is C=CCCP(=O)(CCC)CCC. The minimum absolute atomic E-state index is 0.873. The van der Waals surface area contributed by atoms with Crippen LogP contribution in [0.1, 0.15) is 33.1 Å². The molecule has 1 nitrogen and oxygen atoms in total. The molecule has 0 aliphatic heterocycles. The van der Waals surface area contributed by atoms with Crippen molar-refractivity contribution in [1.82, 2.24) is 0 Å². The van der Waals surface area contributed by atoms with E-state index >= 15 is 0 Å². The summed E-state index contributed by atoms with van der Waals surface area (Å²) in [5.41, 5.74) is 0. The second-order valence-electron chi connectivity index (χ2n) is 3.31. The van der Waals surface area contributed by atoms with Gasteiger partial charge in [0.15, 0.2) is 0 Å². The summed E-state index contributed by atoms with van der Waals surface area (Å²) in [6.07, 6.45) is 7.61. The largest absolute Gasteiger partial charge is 0.324 e. The Morgan fingerprint density at radius 2 is 1.67 bits per heavy atom. The van der Waals surface area contributed by atoms with Crippen LogP contribution in [0.5, 0.6) is 0 Å². The molecule has 0 saturated carbocycles.